The number of anilines is 1. The van der Waals surface area contributed by atoms with E-state index in [2.05, 4.69) is 12.2 Å². The lowest BCUT2D eigenvalue weighted by molar-refractivity contribution is -0.950. The van der Waals surface area contributed by atoms with E-state index in [1.165, 1.54) is 25.7 Å². The van der Waals surface area contributed by atoms with Gasteiger partial charge in [0.05, 0.1) is 37.5 Å². The van der Waals surface area contributed by atoms with Gasteiger partial charge in [-0.15, -0.1) is 0 Å². The number of hydrogen-bond acceptors (Lipinski definition) is 3. The van der Waals surface area contributed by atoms with E-state index in [9.17, 15) is 9.59 Å². The van der Waals surface area contributed by atoms with E-state index in [4.69, 9.17) is 4.74 Å². The number of likely N-dealkylation sites (tertiary alicyclic amines) is 1. The van der Waals surface area contributed by atoms with Crippen molar-refractivity contribution >= 4 is 17.6 Å². The fourth-order valence-electron chi connectivity index (χ4n) is 4.82. The van der Waals surface area contributed by atoms with Gasteiger partial charge in [0, 0.05) is 12.8 Å². The van der Waals surface area contributed by atoms with Crippen LogP contribution in [0.1, 0.15) is 68.3 Å². The Labute approximate surface area is 162 Å². The van der Waals surface area contributed by atoms with E-state index in [0.29, 0.717) is 17.9 Å². The highest BCUT2D eigenvalue weighted by Gasteiger charge is 2.64. The summed E-state index contributed by atoms with van der Waals surface area (Å²) < 4.78 is 6.09. The van der Waals surface area contributed by atoms with Crippen molar-refractivity contribution in [2.75, 3.05) is 31.6 Å². The van der Waals surface area contributed by atoms with Gasteiger partial charge in [0.1, 0.15) is 0 Å². The third-order valence-electron chi connectivity index (χ3n) is 6.59. The van der Waals surface area contributed by atoms with Crippen molar-refractivity contribution in [3.05, 3.63) is 29.3 Å². The maximum Gasteiger partial charge on any atom is 0.340 e. The molecule has 1 aromatic rings. The van der Waals surface area contributed by atoms with E-state index in [1.807, 2.05) is 19.1 Å². The zero-order chi connectivity index (χ0) is 19.5. The second kappa shape index (κ2) is 8.01. The van der Waals surface area contributed by atoms with Crippen molar-refractivity contribution in [1.29, 1.82) is 0 Å². The topological polar surface area (TPSA) is 55.4 Å². The molecule has 3 rings (SSSR count). The van der Waals surface area contributed by atoms with Gasteiger partial charge >= 0.3 is 5.97 Å². The molecule has 2 aliphatic rings. The lowest BCUT2D eigenvalue weighted by Gasteiger charge is -2.43. The van der Waals surface area contributed by atoms with Crippen LogP contribution in [0.4, 0.5) is 5.69 Å². The van der Waals surface area contributed by atoms with Gasteiger partial charge in [-0.2, -0.15) is 0 Å². The number of carbonyl (C=O) groups excluding carboxylic acids is 2. The summed E-state index contributed by atoms with van der Waals surface area (Å²) in [5.74, 6) is -0.304. The lowest BCUT2D eigenvalue weighted by Crippen LogP contribution is -2.62. The first-order valence-electron chi connectivity index (χ1n) is 10.4. The van der Waals surface area contributed by atoms with Crippen molar-refractivity contribution in [2.45, 2.75) is 64.8 Å². The molecule has 5 nitrogen and oxygen atoms in total. The number of likely N-dealkylation sites (N-methyl/N-ethyl adjacent to an activating group) is 1. The van der Waals surface area contributed by atoms with Crippen LogP contribution in [0.25, 0.3) is 0 Å². The number of carbonyl (C=O) groups is 2. The number of nitrogens with one attached hydrogen (secondary N) is 1. The van der Waals surface area contributed by atoms with Crippen molar-refractivity contribution in [3.63, 3.8) is 0 Å². The van der Waals surface area contributed by atoms with Crippen LogP contribution in [-0.4, -0.2) is 48.1 Å². The van der Waals surface area contributed by atoms with Gasteiger partial charge in [0.2, 0.25) is 0 Å². The predicted octanol–water partition coefficient (Wildman–Crippen LogP) is 4.05. The molecule has 27 heavy (non-hydrogen) atoms. The molecule has 5 heteroatoms. The minimum atomic E-state index is -0.379. The highest BCUT2D eigenvalue weighted by atomic mass is 16.5. The Kier molecular flexibility index (Phi) is 5.89. The third kappa shape index (κ3) is 3.62. The molecule has 0 atom stereocenters. The minimum Gasteiger partial charge on any atom is -0.462 e. The number of aryl methyl sites for hydroxylation is 1. The summed E-state index contributed by atoms with van der Waals surface area (Å²) >= 11 is 0. The van der Waals surface area contributed by atoms with Crippen molar-refractivity contribution in [2.24, 2.45) is 0 Å². The molecule has 148 valence electrons. The smallest absolute Gasteiger partial charge is 0.340 e. The number of nitrogens with zero attached hydrogens (tertiary/aromatic N) is 1. The molecule has 0 radical (unpaired) electrons. The molecule has 1 aliphatic heterocycles. The molecule has 1 saturated carbocycles. The Morgan fingerprint density at radius 3 is 2.33 bits per heavy atom. The van der Waals surface area contributed by atoms with Crippen LogP contribution in [0.3, 0.4) is 0 Å². The predicted molar refractivity (Wildman–Crippen MR) is 107 cm³/mol. The van der Waals surface area contributed by atoms with Gasteiger partial charge in [-0.1, -0.05) is 12.1 Å². The number of para-hydroxylation sites is 1. The van der Waals surface area contributed by atoms with E-state index in [1.54, 1.807) is 13.0 Å². The van der Waals surface area contributed by atoms with E-state index >= 15 is 0 Å². The fourth-order valence-corrected chi connectivity index (χ4v) is 4.82. The highest BCUT2D eigenvalue weighted by Crippen LogP contribution is 2.49. The van der Waals surface area contributed by atoms with Crippen LogP contribution in [0.15, 0.2) is 18.2 Å². The van der Waals surface area contributed by atoms with Gasteiger partial charge in [0.15, 0.2) is 5.54 Å². The van der Waals surface area contributed by atoms with Gasteiger partial charge in [-0.05, 0) is 58.1 Å². The van der Waals surface area contributed by atoms with Gasteiger partial charge in [-0.25, -0.2) is 4.79 Å². The summed E-state index contributed by atoms with van der Waals surface area (Å²) in [7, 11) is 0. The van der Waals surface area contributed by atoms with Crippen molar-refractivity contribution in [1.82, 2.24) is 0 Å². The van der Waals surface area contributed by atoms with Gasteiger partial charge in [0.25, 0.3) is 5.91 Å². The summed E-state index contributed by atoms with van der Waals surface area (Å²) in [6.07, 6.45) is 6.80. The maximum absolute atomic E-state index is 13.5. The summed E-state index contributed by atoms with van der Waals surface area (Å²) in [6, 6.07) is 5.49. The van der Waals surface area contributed by atoms with Crippen LogP contribution in [0.5, 0.6) is 0 Å². The third-order valence-corrected chi connectivity index (χ3v) is 6.59. The molecule has 0 aromatic heterocycles. The molecule has 0 unspecified atom stereocenters. The summed E-state index contributed by atoms with van der Waals surface area (Å²) in [6.45, 7) is 9.42. The zero-order valence-corrected chi connectivity index (χ0v) is 17.0. The molecule has 1 amide bonds. The molecule has 1 saturated heterocycles. The number of esters is 1. The Morgan fingerprint density at radius 2 is 1.78 bits per heavy atom. The Balaban J connectivity index is 1.88. The first-order valence-corrected chi connectivity index (χ1v) is 10.4. The van der Waals surface area contributed by atoms with E-state index in [0.717, 1.165) is 42.5 Å². The second-order valence-corrected chi connectivity index (χ2v) is 8.03. The Hall–Kier alpha value is -1.88. The largest absolute Gasteiger partial charge is 0.462 e. The molecule has 2 fully saturated rings. The number of amides is 1. The van der Waals surface area contributed by atoms with Crippen LogP contribution >= 0.6 is 0 Å². The number of quaternary nitrogens is 1. The van der Waals surface area contributed by atoms with Crippen LogP contribution in [0.2, 0.25) is 0 Å². The molecule has 1 N–H and O–H groups in total. The second-order valence-electron chi connectivity index (χ2n) is 8.03. The molecular formula is C22H33N2O3+. The Bertz CT molecular complexity index is 702. The van der Waals surface area contributed by atoms with Crippen LogP contribution in [0, 0.1) is 6.92 Å². The van der Waals surface area contributed by atoms with Crippen LogP contribution in [-0.2, 0) is 9.53 Å². The average Bonchev–Trinajstić information content (AvgIpc) is 3.48. The number of hydrogen-bond donors (Lipinski definition) is 1. The molecule has 0 spiro atoms. The Morgan fingerprint density at radius 1 is 1.11 bits per heavy atom. The summed E-state index contributed by atoms with van der Waals surface area (Å²) in [4.78, 5) is 25.8. The fraction of sp³-hybridized carbons (Fsp3) is 0.636. The van der Waals surface area contributed by atoms with Crippen molar-refractivity contribution < 1.29 is 18.8 Å². The van der Waals surface area contributed by atoms with E-state index in [-0.39, 0.29) is 17.4 Å². The maximum atomic E-state index is 13.5. The zero-order valence-electron chi connectivity index (χ0n) is 17.0. The molecular weight excluding hydrogens is 340 g/mol. The SMILES string of the molecule is CCOC(=O)c1cccc(C)c1NC(=O)C1([N+]2(CC)CCCCCC2)CC1. The molecule has 1 heterocycles. The summed E-state index contributed by atoms with van der Waals surface area (Å²) in [5.41, 5.74) is 1.62. The quantitative estimate of drug-likeness (QED) is 0.604. The normalized spacial score (nSPS) is 20.4. The van der Waals surface area contributed by atoms with Gasteiger partial charge < -0.3 is 14.5 Å². The lowest BCUT2D eigenvalue weighted by atomic mass is 10.0. The van der Waals surface area contributed by atoms with Crippen molar-refractivity contribution in [3.8, 4) is 0 Å². The standard InChI is InChI=1S/C22H32N2O3/c1-4-24(15-8-6-7-9-16-24)22(13-14-22)21(26)23-19-17(3)11-10-12-18(19)20(25)27-5-2/h10-12H,4-9,13-16H2,1-3H3/p+1. The monoisotopic (exact) mass is 373 g/mol. The first-order chi connectivity index (χ1) is 13.0. The molecule has 1 aromatic carbocycles. The van der Waals surface area contributed by atoms with E-state index < -0.39 is 0 Å². The average molecular weight is 374 g/mol. The highest BCUT2D eigenvalue weighted by molar-refractivity contribution is 6.05. The summed E-state index contributed by atoms with van der Waals surface area (Å²) in [5, 5.41) is 3.14. The number of ether oxygens (including phenoxy) is 1. The van der Waals surface area contributed by atoms with Gasteiger partial charge in [-0.3, -0.25) is 4.79 Å². The van der Waals surface area contributed by atoms with Crippen LogP contribution < -0.4 is 5.32 Å². The first kappa shape index (κ1) is 19.9. The molecule has 0 bridgehead atoms. The number of rotatable bonds is 6. The minimum absolute atomic E-state index is 0.0751. The number of benzene rings is 1. The molecule has 1 aliphatic carbocycles.